The SMILES string of the molecule is CC(C)C(=O)Nc1cc(C(C)NC(=O)CN2CCc3cc(C(F)(F)F)ccc3C2)ccn1. The van der Waals surface area contributed by atoms with Gasteiger partial charge in [0, 0.05) is 25.2 Å². The highest BCUT2D eigenvalue weighted by atomic mass is 19.4. The lowest BCUT2D eigenvalue weighted by Crippen LogP contribution is -2.40. The van der Waals surface area contributed by atoms with E-state index in [2.05, 4.69) is 15.6 Å². The molecule has 0 radical (unpaired) electrons. The first-order valence-corrected chi connectivity index (χ1v) is 10.5. The summed E-state index contributed by atoms with van der Waals surface area (Å²) >= 11 is 0. The summed E-state index contributed by atoms with van der Waals surface area (Å²) in [5.74, 6) is -0.0722. The van der Waals surface area contributed by atoms with Crippen molar-refractivity contribution in [3.63, 3.8) is 0 Å². The molecule has 9 heteroatoms. The highest BCUT2D eigenvalue weighted by Crippen LogP contribution is 2.32. The molecule has 1 atom stereocenters. The van der Waals surface area contributed by atoms with Crippen LogP contribution in [0.15, 0.2) is 36.5 Å². The van der Waals surface area contributed by atoms with Gasteiger partial charge in [0.15, 0.2) is 0 Å². The molecule has 6 nitrogen and oxygen atoms in total. The minimum Gasteiger partial charge on any atom is -0.348 e. The van der Waals surface area contributed by atoms with Crippen LogP contribution in [0.5, 0.6) is 0 Å². The second-order valence-electron chi connectivity index (χ2n) is 8.35. The number of carbonyl (C=O) groups excluding carboxylic acids is 2. The van der Waals surface area contributed by atoms with E-state index in [1.54, 1.807) is 32.2 Å². The van der Waals surface area contributed by atoms with Gasteiger partial charge in [0.05, 0.1) is 18.2 Å². The number of halogens is 3. The van der Waals surface area contributed by atoms with Crippen molar-refractivity contribution in [1.82, 2.24) is 15.2 Å². The van der Waals surface area contributed by atoms with E-state index in [-0.39, 0.29) is 30.3 Å². The van der Waals surface area contributed by atoms with Crippen LogP contribution >= 0.6 is 0 Å². The van der Waals surface area contributed by atoms with Crippen LogP contribution in [-0.2, 0) is 28.7 Å². The molecule has 2 aromatic rings. The van der Waals surface area contributed by atoms with Crippen molar-refractivity contribution in [2.75, 3.05) is 18.4 Å². The molecule has 1 unspecified atom stereocenters. The van der Waals surface area contributed by atoms with Crippen molar-refractivity contribution >= 4 is 17.6 Å². The van der Waals surface area contributed by atoms with Gasteiger partial charge in [-0.2, -0.15) is 13.2 Å². The maximum atomic E-state index is 12.9. The van der Waals surface area contributed by atoms with Gasteiger partial charge in [-0.15, -0.1) is 0 Å². The molecule has 32 heavy (non-hydrogen) atoms. The monoisotopic (exact) mass is 448 g/mol. The maximum absolute atomic E-state index is 12.9. The lowest BCUT2D eigenvalue weighted by Gasteiger charge is -2.29. The average molecular weight is 448 g/mol. The molecular formula is C23H27F3N4O2. The van der Waals surface area contributed by atoms with Crippen LogP contribution in [0.3, 0.4) is 0 Å². The Bertz CT molecular complexity index is 991. The number of rotatable bonds is 6. The largest absolute Gasteiger partial charge is 0.416 e. The van der Waals surface area contributed by atoms with E-state index in [9.17, 15) is 22.8 Å². The number of hydrogen-bond donors (Lipinski definition) is 2. The standard InChI is InChI=1S/C23H27F3N4O2/c1-14(2)22(32)29-20-11-16(6-8-27-20)15(3)28-21(31)13-30-9-7-17-10-19(23(24,25)26)5-4-18(17)12-30/h4-6,8,10-11,14-15H,7,9,12-13H2,1-3H3,(H,28,31)(H,27,29,32). The Balaban J connectivity index is 1.57. The minimum absolute atomic E-state index is 0.140. The van der Waals surface area contributed by atoms with E-state index in [1.165, 1.54) is 12.1 Å². The van der Waals surface area contributed by atoms with Gasteiger partial charge in [-0.3, -0.25) is 14.5 Å². The molecule has 1 aliphatic rings. The van der Waals surface area contributed by atoms with Crippen LogP contribution in [0, 0.1) is 5.92 Å². The first-order valence-electron chi connectivity index (χ1n) is 10.5. The first-order chi connectivity index (χ1) is 15.0. The average Bonchev–Trinajstić information content (AvgIpc) is 2.72. The Morgan fingerprint density at radius 1 is 1.12 bits per heavy atom. The van der Waals surface area contributed by atoms with E-state index < -0.39 is 11.7 Å². The van der Waals surface area contributed by atoms with E-state index in [4.69, 9.17) is 0 Å². The van der Waals surface area contributed by atoms with Gasteiger partial charge < -0.3 is 10.6 Å². The Morgan fingerprint density at radius 3 is 2.56 bits per heavy atom. The van der Waals surface area contributed by atoms with Crippen LogP contribution in [0.25, 0.3) is 0 Å². The Hall–Kier alpha value is -2.94. The van der Waals surface area contributed by atoms with Crippen LogP contribution < -0.4 is 10.6 Å². The molecule has 0 fully saturated rings. The molecule has 0 saturated carbocycles. The lowest BCUT2D eigenvalue weighted by molar-refractivity contribution is -0.137. The van der Waals surface area contributed by atoms with Crippen molar-refractivity contribution < 1.29 is 22.8 Å². The Kier molecular flexibility index (Phi) is 7.18. The number of aromatic nitrogens is 1. The molecule has 3 rings (SSSR count). The lowest BCUT2D eigenvalue weighted by atomic mass is 9.97. The number of nitrogens with one attached hydrogen (secondary N) is 2. The normalized spacial score (nSPS) is 15.2. The molecule has 0 saturated heterocycles. The van der Waals surface area contributed by atoms with E-state index in [0.717, 1.165) is 17.2 Å². The Morgan fingerprint density at radius 2 is 1.88 bits per heavy atom. The van der Waals surface area contributed by atoms with Crippen molar-refractivity contribution in [3.05, 3.63) is 58.8 Å². The Labute approximate surface area is 185 Å². The van der Waals surface area contributed by atoms with Crippen molar-refractivity contribution in [1.29, 1.82) is 0 Å². The molecule has 0 aliphatic carbocycles. The minimum atomic E-state index is -4.35. The number of carbonyl (C=O) groups is 2. The second-order valence-corrected chi connectivity index (χ2v) is 8.35. The fraction of sp³-hybridized carbons (Fsp3) is 0.435. The molecule has 2 heterocycles. The number of alkyl halides is 3. The van der Waals surface area contributed by atoms with Crippen LogP contribution in [0.1, 0.15) is 49.1 Å². The number of nitrogens with zero attached hydrogens (tertiary/aromatic N) is 2. The first kappa shape index (κ1) is 23.7. The number of fused-ring (bicyclic) bond motifs is 1. The molecule has 2 amide bonds. The summed E-state index contributed by atoms with van der Waals surface area (Å²) < 4.78 is 38.7. The zero-order valence-corrected chi connectivity index (χ0v) is 18.3. The number of hydrogen-bond acceptors (Lipinski definition) is 4. The van der Waals surface area contributed by atoms with Crippen LogP contribution in [0.2, 0.25) is 0 Å². The number of benzene rings is 1. The maximum Gasteiger partial charge on any atom is 0.416 e. The van der Waals surface area contributed by atoms with Crippen LogP contribution in [-0.4, -0.2) is 34.8 Å². The fourth-order valence-corrected chi connectivity index (χ4v) is 3.55. The van der Waals surface area contributed by atoms with Gasteiger partial charge in [-0.1, -0.05) is 19.9 Å². The van der Waals surface area contributed by atoms with E-state index in [0.29, 0.717) is 30.9 Å². The molecule has 1 aromatic heterocycles. The van der Waals surface area contributed by atoms with E-state index in [1.807, 2.05) is 11.8 Å². The second kappa shape index (κ2) is 9.68. The quantitative estimate of drug-likeness (QED) is 0.702. The third-order valence-electron chi connectivity index (χ3n) is 5.43. The van der Waals surface area contributed by atoms with Gasteiger partial charge in [-0.25, -0.2) is 4.98 Å². The van der Waals surface area contributed by atoms with Gasteiger partial charge in [0.25, 0.3) is 0 Å². The van der Waals surface area contributed by atoms with Gasteiger partial charge in [0.1, 0.15) is 5.82 Å². The zero-order valence-electron chi connectivity index (χ0n) is 18.3. The molecule has 1 aromatic carbocycles. The van der Waals surface area contributed by atoms with Crippen molar-refractivity contribution in [2.24, 2.45) is 5.92 Å². The fourth-order valence-electron chi connectivity index (χ4n) is 3.55. The van der Waals surface area contributed by atoms with Crippen LogP contribution in [0.4, 0.5) is 19.0 Å². The molecule has 0 spiro atoms. The van der Waals surface area contributed by atoms with E-state index >= 15 is 0 Å². The highest BCUT2D eigenvalue weighted by molar-refractivity contribution is 5.91. The molecule has 0 bridgehead atoms. The molecule has 2 N–H and O–H groups in total. The summed E-state index contributed by atoms with van der Waals surface area (Å²) in [5, 5.41) is 5.67. The summed E-state index contributed by atoms with van der Waals surface area (Å²) in [5.41, 5.74) is 1.65. The number of pyridine rings is 1. The summed E-state index contributed by atoms with van der Waals surface area (Å²) in [6.07, 6.45) is -2.32. The van der Waals surface area contributed by atoms with Gasteiger partial charge in [0.2, 0.25) is 11.8 Å². The van der Waals surface area contributed by atoms with Crippen molar-refractivity contribution in [2.45, 2.75) is 46.0 Å². The summed E-state index contributed by atoms with van der Waals surface area (Å²) in [6, 6.07) is 6.98. The third kappa shape index (κ3) is 6.06. The summed E-state index contributed by atoms with van der Waals surface area (Å²) in [4.78, 5) is 30.5. The third-order valence-corrected chi connectivity index (χ3v) is 5.43. The van der Waals surface area contributed by atoms with Crippen molar-refractivity contribution in [3.8, 4) is 0 Å². The smallest absolute Gasteiger partial charge is 0.348 e. The van der Waals surface area contributed by atoms with Gasteiger partial charge in [-0.05, 0) is 54.3 Å². The summed E-state index contributed by atoms with van der Waals surface area (Å²) in [7, 11) is 0. The predicted molar refractivity (Wildman–Crippen MR) is 115 cm³/mol. The van der Waals surface area contributed by atoms with Gasteiger partial charge >= 0.3 is 6.18 Å². The summed E-state index contributed by atoms with van der Waals surface area (Å²) in [6.45, 7) is 6.50. The highest BCUT2D eigenvalue weighted by Gasteiger charge is 2.31. The molecular weight excluding hydrogens is 421 g/mol. The number of anilines is 1. The zero-order chi connectivity index (χ0) is 23.5. The topological polar surface area (TPSA) is 74.3 Å². The predicted octanol–water partition coefficient (Wildman–Crippen LogP) is 3.93. The number of amides is 2. The molecule has 1 aliphatic heterocycles. The molecule has 172 valence electrons.